The molecule has 0 aliphatic heterocycles. The smallest absolute Gasteiger partial charge is 0.436 e. The Morgan fingerprint density at radius 3 is 2.28 bits per heavy atom. The van der Waals surface area contributed by atoms with Crippen molar-refractivity contribution in [2.24, 2.45) is 5.90 Å². The van der Waals surface area contributed by atoms with E-state index in [0.29, 0.717) is 5.06 Å². The highest BCUT2D eigenvalue weighted by Gasteiger charge is 2.24. The SMILES string of the molecule is CC(C)(C)OC(=O)N(CC(=O)NCC(=O)O)ON. The van der Waals surface area contributed by atoms with E-state index in [9.17, 15) is 14.4 Å². The van der Waals surface area contributed by atoms with Gasteiger partial charge in [-0.1, -0.05) is 0 Å². The number of hydrogen-bond acceptors (Lipinski definition) is 6. The molecule has 0 aromatic heterocycles. The molecule has 9 heteroatoms. The van der Waals surface area contributed by atoms with Gasteiger partial charge in [0.25, 0.3) is 0 Å². The largest absolute Gasteiger partial charge is 0.480 e. The highest BCUT2D eigenvalue weighted by Crippen LogP contribution is 2.09. The number of carboxylic acid groups (broad SMARTS) is 1. The van der Waals surface area contributed by atoms with Crippen LogP contribution in [0.2, 0.25) is 0 Å². The van der Waals surface area contributed by atoms with Crippen LogP contribution < -0.4 is 11.2 Å². The number of nitrogens with two attached hydrogens (primary N) is 1. The third-order valence-electron chi connectivity index (χ3n) is 1.45. The number of hydroxylamine groups is 2. The number of carboxylic acids is 1. The average molecular weight is 263 g/mol. The maximum absolute atomic E-state index is 11.5. The predicted molar refractivity (Wildman–Crippen MR) is 58.9 cm³/mol. The molecule has 0 aromatic carbocycles. The molecule has 0 spiro atoms. The molecular weight excluding hydrogens is 246 g/mol. The van der Waals surface area contributed by atoms with Gasteiger partial charge in [-0.3, -0.25) is 9.59 Å². The fourth-order valence-electron chi connectivity index (χ4n) is 0.818. The molecule has 0 saturated carbocycles. The lowest BCUT2D eigenvalue weighted by atomic mass is 10.2. The van der Waals surface area contributed by atoms with Crippen LogP contribution in [-0.2, 0) is 19.3 Å². The summed E-state index contributed by atoms with van der Waals surface area (Å²) in [5.74, 6) is 2.88. The van der Waals surface area contributed by atoms with Crippen molar-refractivity contribution in [2.45, 2.75) is 26.4 Å². The van der Waals surface area contributed by atoms with E-state index in [-0.39, 0.29) is 0 Å². The van der Waals surface area contributed by atoms with E-state index in [1.54, 1.807) is 20.8 Å². The van der Waals surface area contributed by atoms with Crippen LogP contribution in [0.25, 0.3) is 0 Å². The van der Waals surface area contributed by atoms with Crippen LogP contribution in [-0.4, -0.2) is 46.8 Å². The number of nitrogens with zero attached hydrogens (tertiary/aromatic N) is 1. The Hall–Kier alpha value is -1.87. The molecule has 0 aromatic rings. The Labute approximate surface area is 104 Å². The molecule has 0 bridgehead atoms. The highest BCUT2D eigenvalue weighted by atomic mass is 16.8. The summed E-state index contributed by atoms with van der Waals surface area (Å²) in [6.45, 7) is 3.75. The standard InChI is InChI=1S/C9H17N3O6/c1-9(2,3)17-8(16)12(18-10)5-6(13)11-4-7(14)15/h4-5,10H2,1-3H3,(H,11,13)(H,14,15). The Kier molecular flexibility index (Phi) is 6.06. The second-order valence-corrected chi connectivity index (χ2v) is 4.29. The van der Waals surface area contributed by atoms with Crippen LogP contribution in [0.15, 0.2) is 0 Å². The summed E-state index contributed by atoms with van der Waals surface area (Å²) >= 11 is 0. The van der Waals surface area contributed by atoms with E-state index in [1.165, 1.54) is 0 Å². The Morgan fingerprint density at radius 1 is 1.33 bits per heavy atom. The second kappa shape index (κ2) is 6.77. The van der Waals surface area contributed by atoms with E-state index in [2.05, 4.69) is 4.94 Å². The summed E-state index contributed by atoms with van der Waals surface area (Å²) in [5, 5.41) is 10.9. The lowest BCUT2D eigenvalue weighted by molar-refractivity contribution is -0.161. The lowest BCUT2D eigenvalue weighted by Gasteiger charge is -2.24. The van der Waals surface area contributed by atoms with E-state index >= 15 is 0 Å². The van der Waals surface area contributed by atoms with Gasteiger partial charge in [-0.15, -0.1) is 0 Å². The third kappa shape index (κ3) is 7.41. The van der Waals surface area contributed by atoms with Gasteiger partial charge >= 0.3 is 12.1 Å². The number of rotatable bonds is 5. The third-order valence-corrected chi connectivity index (χ3v) is 1.45. The monoisotopic (exact) mass is 263 g/mol. The van der Waals surface area contributed by atoms with Gasteiger partial charge < -0.3 is 15.2 Å². The fourth-order valence-corrected chi connectivity index (χ4v) is 0.818. The molecule has 0 atom stereocenters. The molecule has 0 aliphatic carbocycles. The molecular formula is C9H17N3O6. The van der Waals surface area contributed by atoms with Crippen LogP contribution in [0.1, 0.15) is 20.8 Å². The van der Waals surface area contributed by atoms with Gasteiger partial charge in [0.15, 0.2) is 0 Å². The summed E-state index contributed by atoms with van der Waals surface area (Å²) in [6.07, 6.45) is -0.949. The van der Waals surface area contributed by atoms with Crippen LogP contribution in [0.4, 0.5) is 4.79 Å². The Balaban J connectivity index is 4.29. The topological polar surface area (TPSA) is 131 Å². The number of aliphatic carboxylic acids is 1. The van der Waals surface area contributed by atoms with Gasteiger partial charge in [0.05, 0.1) is 0 Å². The number of hydrogen-bond donors (Lipinski definition) is 3. The van der Waals surface area contributed by atoms with Gasteiger partial charge in [-0.05, 0) is 20.8 Å². The molecule has 0 radical (unpaired) electrons. The molecule has 0 aliphatic rings. The summed E-state index contributed by atoms with van der Waals surface area (Å²) in [4.78, 5) is 37.1. The van der Waals surface area contributed by atoms with Crippen molar-refractivity contribution in [3.63, 3.8) is 0 Å². The first-order chi connectivity index (χ1) is 8.15. The van der Waals surface area contributed by atoms with Crippen molar-refractivity contribution < 1.29 is 29.2 Å². The molecule has 18 heavy (non-hydrogen) atoms. The summed E-state index contributed by atoms with van der Waals surface area (Å²) in [5.41, 5.74) is -0.772. The first-order valence-electron chi connectivity index (χ1n) is 5.01. The summed E-state index contributed by atoms with van der Waals surface area (Å²) in [7, 11) is 0. The van der Waals surface area contributed by atoms with Gasteiger partial charge in [-0.25, -0.2) is 4.79 Å². The quantitative estimate of drug-likeness (QED) is 0.555. The minimum absolute atomic E-state index is 0.475. The van der Waals surface area contributed by atoms with E-state index in [4.69, 9.17) is 15.7 Å². The maximum atomic E-state index is 11.5. The molecule has 9 nitrogen and oxygen atoms in total. The second-order valence-electron chi connectivity index (χ2n) is 4.29. The fraction of sp³-hybridized carbons (Fsp3) is 0.667. The van der Waals surface area contributed by atoms with Gasteiger partial charge in [0, 0.05) is 0 Å². The Bertz CT molecular complexity index is 325. The van der Waals surface area contributed by atoms with Crippen LogP contribution in [0.5, 0.6) is 0 Å². The van der Waals surface area contributed by atoms with Crippen molar-refractivity contribution >= 4 is 18.0 Å². The molecule has 104 valence electrons. The molecule has 0 rings (SSSR count). The van der Waals surface area contributed by atoms with Crippen LogP contribution in [0.3, 0.4) is 0 Å². The molecule has 0 fully saturated rings. The minimum atomic E-state index is -1.21. The van der Waals surface area contributed by atoms with E-state index < -0.39 is 36.7 Å². The molecule has 0 unspecified atom stereocenters. The first kappa shape index (κ1) is 16.1. The lowest BCUT2D eigenvalue weighted by Crippen LogP contribution is -2.45. The Morgan fingerprint density at radius 2 is 1.89 bits per heavy atom. The van der Waals surface area contributed by atoms with Gasteiger partial charge in [0.2, 0.25) is 5.91 Å². The normalized spacial score (nSPS) is 10.7. The van der Waals surface area contributed by atoms with Crippen LogP contribution in [0, 0.1) is 0 Å². The van der Waals surface area contributed by atoms with Crippen molar-refractivity contribution in [1.29, 1.82) is 0 Å². The zero-order chi connectivity index (χ0) is 14.3. The number of carbonyl (C=O) groups excluding carboxylic acids is 2. The zero-order valence-electron chi connectivity index (χ0n) is 10.4. The van der Waals surface area contributed by atoms with Crippen molar-refractivity contribution in [2.75, 3.05) is 13.1 Å². The van der Waals surface area contributed by atoms with Crippen LogP contribution >= 0.6 is 0 Å². The number of carbonyl (C=O) groups is 3. The number of ether oxygens (including phenoxy) is 1. The van der Waals surface area contributed by atoms with Crippen molar-refractivity contribution in [1.82, 2.24) is 10.4 Å². The molecule has 0 heterocycles. The molecule has 4 N–H and O–H groups in total. The van der Waals surface area contributed by atoms with Gasteiger partial charge in [0.1, 0.15) is 18.7 Å². The zero-order valence-corrected chi connectivity index (χ0v) is 10.4. The predicted octanol–water partition coefficient (Wildman–Crippen LogP) is -0.770. The summed E-state index contributed by atoms with van der Waals surface area (Å²) < 4.78 is 4.90. The molecule has 2 amide bonds. The average Bonchev–Trinajstić information content (AvgIpc) is 2.20. The van der Waals surface area contributed by atoms with E-state index in [0.717, 1.165) is 0 Å². The van der Waals surface area contributed by atoms with Crippen molar-refractivity contribution in [3.8, 4) is 0 Å². The van der Waals surface area contributed by atoms with Crippen molar-refractivity contribution in [3.05, 3.63) is 0 Å². The van der Waals surface area contributed by atoms with E-state index in [1.807, 2.05) is 5.32 Å². The summed E-state index contributed by atoms with van der Waals surface area (Å²) in [6, 6.07) is 0. The minimum Gasteiger partial charge on any atom is -0.480 e. The number of amides is 2. The maximum Gasteiger partial charge on any atom is 0.436 e. The molecule has 0 saturated heterocycles. The van der Waals surface area contributed by atoms with Gasteiger partial charge in [-0.2, -0.15) is 15.9 Å². The number of nitrogens with one attached hydrogen (secondary N) is 1. The first-order valence-corrected chi connectivity index (χ1v) is 5.01. The highest BCUT2D eigenvalue weighted by molar-refractivity contribution is 5.84.